The van der Waals surface area contributed by atoms with E-state index in [1.165, 1.54) is 0 Å². The number of carbonyl (C=O) groups is 1. The van der Waals surface area contributed by atoms with Gasteiger partial charge < -0.3 is 25.3 Å². The zero-order valence-electron chi connectivity index (χ0n) is 14.6. The van der Waals surface area contributed by atoms with Crippen LogP contribution in [0.1, 0.15) is 12.5 Å². The summed E-state index contributed by atoms with van der Waals surface area (Å²) in [6.45, 7) is 2.84. The van der Waals surface area contributed by atoms with E-state index in [-0.39, 0.29) is 12.5 Å². The second-order valence-electron chi connectivity index (χ2n) is 5.29. The topological polar surface area (TPSA) is 82.8 Å². The van der Waals surface area contributed by atoms with Crippen molar-refractivity contribution in [3.8, 4) is 17.2 Å². The van der Waals surface area contributed by atoms with Crippen LogP contribution in [0.4, 0.5) is 5.69 Å². The van der Waals surface area contributed by atoms with Crippen LogP contribution in [0.15, 0.2) is 42.5 Å². The summed E-state index contributed by atoms with van der Waals surface area (Å²) in [6.07, 6.45) is 0.759. The molecule has 0 aliphatic carbocycles. The monoisotopic (exact) mass is 344 g/mol. The maximum absolute atomic E-state index is 12.1. The summed E-state index contributed by atoms with van der Waals surface area (Å²) < 4.78 is 16.4. The summed E-state index contributed by atoms with van der Waals surface area (Å²) in [5.41, 5.74) is 7.25. The molecule has 0 atom stereocenters. The number of hydrogen-bond donors (Lipinski definition) is 2. The lowest BCUT2D eigenvalue weighted by Gasteiger charge is -2.14. The van der Waals surface area contributed by atoms with Gasteiger partial charge in [0.15, 0.2) is 18.1 Å². The van der Waals surface area contributed by atoms with Crippen molar-refractivity contribution in [2.75, 3.05) is 32.2 Å². The fourth-order valence-electron chi connectivity index (χ4n) is 2.34. The second-order valence-corrected chi connectivity index (χ2v) is 5.29. The minimum absolute atomic E-state index is 0.131. The quantitative estimate of drug-likeness (QED) is 0.731. The summed E-state index contributed by atoms with van der Waals surface area (Å²) >= 11 is 0. The van der Waals surface area contributed by atoms with E-state index in [4.69, 9.17) is 19.9 Å². The van der Waals surface area contributed by atoms with Crippen molar-refractivity contribution in [2.24, 2.45) is 5.73 Å². The molecule has 2 aromatic carbocycles. The van der Waals surface area contributed by atoms with Crippen LogP contribution in [-0.4, -0.2) is 32.8 Å². The average Bonchev–Trinajstić information content (AvgIpc) is 2.62. The lowest BCUT2D eigenvalue weighted by Crippen LogP contribution is -2.20. The molecule has 0 saturated carbocycles. The number of ether oxygens (including phenoxy) is 3. The standard InChI is InChI=1S/C19H24N2O4/c1-3-24-18-12-14(10-11-20)8-9-17(18)25-13-19(22)21-15-6-4-5-7-16(15)23-2/h4-9,12H,3,10-11,13,20H2,1-2H3,(H,21,22). The van der Waals surface area contributed by atoms with E-state index in [0.29, 0.717) is 36.1 Å². The molecule has 6 heteroatoms. The molecular weight excluding hydrogens is 320 g/mol. The van der Waals surface area contributed by atoms with Crippen molar-refractivity contribution >= 4 is 11.6 Å². The van der Waals surface area contributed by atoms with E-state index in [1.807, 2.05) is 31.2 Å². The molecule has 0 heterocycles. The van der Waals surface area contributed by atoms with Gasteiger partial charge in [-0.1, -0.05) is 18.2 Å². The SMILES string of the molecule is CCOc1cc(CCN)ccc1OCC(=O)Nc1ccccc1OC. The third-order valence-corrected chi connectivity index (χ3v) is 3.48. The van der Waals surface area contributed by atoms with Gasteiger partial charge in [-0.2, -0.15) is 0 Å². The molecule has 1 amide bonds. The van der Waals surface area contributed by atoms with Gasteiger partial charge in [0.1, 0.15) is 5.75 Å². The van der Waals surface area contributed by atoms with Gasteiger partial charge in [0.2, 0.25) is 0 Å². The first-order chi connectivity index (χ1) is 12.2. The van der Waals surface area contributed by atoms with Gasteiger partial charge in [-0.25, -0.2) is 0 Å². The second kappa shape index (κ2) is 9.54. The zero-order valence-corrected chi connectivity index (χ0v) is 14.6. The van der Waals surface area contributed by atoms with Crippen LogP contribution in [-0.2, 0) is 11.2 Å². The number of nitrogens with two attached hydrogens (primary N) is 1. The van der Waals surface area contributed by atoms with Gasteiger partial charge in [-0.15, -0.1) is 0 Å². The number of benzene rings is 2. The van der Waals surface area contributed by atoms with Crippen molar-refractivity contribution < 1.29 is 19.0 Å². The van der Waals surface area contributed by atoms with Gasteiger partial charge >= 0.3 is 0 Å². The Balaban J connectivity index is 2.01. The predicted octanol–water partition coefficient (Wildman–Crippen LogP) is 2.61. The Labute approximate surface area is 147 Å². The van der Waals surface area contributed by atoms with E-state index in [0.717, 1.165) is 12.0 Å². The lowest BCUT2D eigenvalue weighted by atomic mass is 10.1. The highest BCUT2D eigenvalue weighted by Crippen LogP contribution is 2.29. The molecule has 0 aromatic heterocycles. The molecule has 2 rings (SSSR count). The molecule has 0 saturated heterocycles. The van der Waals surface area contributed by atoms with Crippen molar-refractivity contribution in [1.82, 2.24) is 0 Å². The van der Waals surface area contributed by atoms with Crippen LogP contribution in [0.5, 0.6) is 17.2 Å². The summed E-state index contributed by atoms with van der Waals surface area (Å²) in [7, 11) is 1.55. The van der Waals surface area contributed by atoms with E-state index in [9.17, 15) is 4.79 Å². The molecule has 3 N–H and O–H groups in total. The average molecular weight is 344 g/mol. The number of amides is 1. The summed E-state index contributed by atoms with van der Waals surface area (Å²) in [5, 5.41) is 2.77. The number of anilines is 1. The van der Waals surface area contributed by atoms with Gasteiger partial charge in [0, 0.05) is 0 Å². The van der Waals surface area contributed by atoms with Crippen LogP contribution in [0.25, 0.3) is 0 Å². The molecule has 25 heavy (non-hydrogen) atoms. The number of carbonyl (C=O) groups excluding carboxylic acids is 1. The van der Waals surface area contributed by atoms with Gasteiger partial charge in [0.25, 0.3) is 5.91 Å². The molecule has 0 radical (unpaired) electrons. The lowest BCUT2D eigenvalue weighted by molar-refractivity contribution is -0.118. The van der Waals surface area contributed by atoms with Gasteiger partial charge in [0.05, 0.1) is 19.4 Å². The van der Waals surface area contributed by atoms with Crippen molar-refractivity contribution in [2.45, 2.75) is 13.3 Å². The Kier molecular flexibility index (Phi) is 7.10. The Hall–Kier alpha value is -2.73. The fourth-order valence-corrected chi connectivity index (χ4v) is 2.34. The third kappa shape index (κ3) is 5.39. The summed E-state index contributed by atoms with van der Waals surface area (Å²) in [4.78, 5) is 12.1. The van der Waals surface area contributed by atoms with Crippen LogP contribution in [0.2, 0.25) is 0 Å². The van der Waals surface area contributed by atoms with E-state index >= 15 is 0 Å². The summed E-state index contributed by atoms with van der Waals surface area (Å²) in [6, 6.07) is 12.8. The molecule has 6 nitrogen and oxygen atoms in total. The number of nitrogens with one attached hydrogen (secondary N) is 1. The van der Waals surface area contributed by atoms with Gasteiger partial charge in [-0.3, -0.25) is 4.79 Å². The minimum Gasteiger partial charge on any atom is -0.495 e. The first kappa shape index (κ1) is 18.6. The first-order valence-corrected chi connectivity index (χ1v) is 8.19. The van der Waals surface area contributed by atoms with Crippen molar-refractivity contribution in [3.05, 3.63) is 48.0 Å². The summed E-state index contributed by atoms with van der Waals surface area (Å²) in [5.74, 6) is 1.45. The molecule has 2 aromatic rings. The van der Waals surface area contributed by atoms with Crippen molar-refractivity contribution in [1.29, 1.82) is 0 Å². The number of methoxy groups -OCH3 is 1. The highest BCUT2D eigenvalue weighted by molar-refractivity contribution is 5.93. The van der Waals surface area contributed by atoms with E-state index < -0.39 is 0 Å². The number of hydrogen-bond acceptors (Lipinski definition) is 5. The van der Waals surface area contributed by atoms with E-state index in [1.54, 1.807) is 25.3 Å². The fraction of sp³-hybridized carbons (Fsp3) is 0.316. The maximum Gasteiger partial charge on any atom is 0.262 e. The zero-order chi connectivity index (χ0) is 18.1. The van der Waals surface area contributed by atoms with Crippen molar-refractivity contribution in [3.63, 3.8) is 0 Å². The van der Waals surface area contributed by atoms with Crippen LogP contribution < -0.4 is 25.3 Å². The minimum atomic E-state index is -0.280. The molecule has 0 bridgehead atoms. The van der Waals surface area contributed by atoms with Crippen LogP contribution in [0.3, 0.4) is 0 Å². The normalized spacial score (nSPS) is 10.2. The highest BCUT2D eigenvalue weighted by Gasteiger charge is 2.11. The molecule has 0 fully saturated rings. The van der Waals surface area contributed by atoms with Crippen LogP contribution >= 0.6 is 0 Å². The Morgan fingerprint density at radius 1 is 1.08 bits per heavy atom. The number of rotatable bonds is 9. The number of para-hydroxylation sites is 2. The van der Waals surface area contributed by atoms with Crippen LogP contribution in [0, 0.1) is 0 Å². The van der Waals surface area contributed by atoms with Gasteiger partial charge in [-0.05, 0) is 49.7 Å². The van der Waals surface area contributed by atoms with E-state index in [2.05, 4.69) is 5.32 Å². The molecular formula is C19H24N2O4. The Bertz CT molecular complexity index is 704. The third-order valence-electron chi connectivity index (χ3n) is 3.48. The molecule has 0 spiro atoms. The smallest absolute Gasteiger partial charge is 0.262 e. The highest BCUT2D eigenvalue weighted by atomic mass is 16.5. The largest absolute Gasteiger partial charge is 0.495 e. The Morgan fingerprint density at radius 3 is 2.60 bits per heavy atom. The first-order valence-electron chi connectivity index (χ1n) is 8.19. The molecule has 0 aliphatic rings. The maximum atomic E-state index is 12.1. The molecule has 0 aliphatic heterocycles. The molecule has 0 unspecified atom stereocenters. The Morgan fingerprint density at radius 2 is 1.88 bits per heavy atom. The molecule has 134 valence electrons. The predicted molar refractivity (Wildman–Crippen MR) is 97.5 cm³/mol.